The van der Waals surface area contributed by atoms with Gasteiger partial charge in [-0.15, -0.1) is 0 Å². The maximum Gasteiger partial charge on any atom is 0.0729 e. The maximum absolute atomic E-state index is 6.07. The van der Waals surface area contributed by atoms with Crippen molar-refractivity contribution in [3.8, 4) is 0 Å². The molecule has 0 radical (unpaired) electrons. The predicted molar refractivity (Wildman–Crippen MR) is 55.7 cm³/mol. The van der Waals surface area contributed by atoms with E-state index in [1.807, 2.05) is 0 Å². The first-order valence-corrected chi connectivity index (χ1v) is 5.61. The smallest absolute Gasteiger partial charge is 0.0729 e. The molecular weight excluding hydrogens is 162 g/mol. The third kappa shape index (κ3) is 4.10. The molecule has 0 aromatic rings. The van der Waals surface area contributed by atoms with Crippen molar-refractivity contribution in [3.63, 3.8) is 0 Å². The number of nitrogens with two attached hydrogens (primary N) is 1. The third-order valence-corrected chi connectivity index (χ3v) is 2.70. The molecule has 1 aliphatic rings. The standard InChI is InChI=1S/C11H23NO/c1-9(2)13-11-8-6-4-3-5-7-10(11)12/h9-11H,3-8,12H2,1-2H3/t10-,11-/m1/s1. The van der Waals surface area contributed by atoms with Gasteiger partial charge in [-0.2, -0.15) is 0 Å². The summed E-state index contributed by atoms with van der Waals surface area (Å²) in [5.74, 6) is 0. The van der Waals surface area contributed by atoms with Gasteiger partial charge in [-0.05, 0) is 26.7 Å². The van der Waals surface area contributed by atoms with E-state index in [1.54, 1.807) is 0 Å². The summed E-state index contributed by atoms with van der Waals surface area (Å²) in [6, 6.07) is 0.266. The van der Waals surface area contributed by atoms with Crippen molar-refractivity contribution >= 4 is 0 Å². The molecule has 78 valence electrons. The molecule has 0 amide bonds. The Morgan fingerprint density at radius 3 is 2.31 bits per heavy atom. The molecule has 1 rings (SSSR count). The van der Waals surface area contributed by atoms with Gasteiger partial charge in [0.25, 0.3) is 0 Å². The lowest BCUT2D eigenvalue weighted by Gasteiger charge is -2.28. The van der Waals surface area contributed by atoms with Gasteiger partial charge in [-0.3, -0.25) is 0 Å². The summed E-state index contributed by atoms with van der Waals surface area (Å²) in [6.07, 6.45) is 8.17. The second-order valence-corrected chi connectivity index (χ2v) is 4.38. The molecule has 2 nitrogen and oxygen atoms in total. The van der Waals surface area contributed by atoms with Crippen molar-refractivity contribution in [2.75, 3.05) is 0 Å². The van der Waals surface area contributed by atoms with E-state index in [0.717, 1.165) is 12.8 Å². The fraction of sp³-hybridized carbons (Fsp3) is 1.00. The Morgan fingerprint density at radius 2 is 1.69 bits per heavy atom. The van der Waals surface area contributed by atoms with Crippen LogP contribution in [0.5, 0.6) is 0 Å². The molecule has 0 aromatic heterocycles. The van der Waals surface area contributed by atoms with E-state index >= 15 is 0 Å². The highest BCUT2D eigenvalue weighted by molar-refractivity contribution is 4.76. The van der Waals surface area contributed by atoms with Crippen LogP contribution in [0.1, 0.15) is 52.4 Å². The SMILES string of the molecule is CC(C)O[C@@H]1CCCCCC[C@H]1N. The van der Waals surface area contributed by atoms with Gasteiger partial charge < -0.3 is 10.5 Å². The van der Waals surface area contributed by atoms with Crippen LogP contribution in [0, 0.1) is 0 Å². The third-order valence-electron chi connectivity index (χ3n) is 2.70. The molecular formula is C11H23NO. The van der Waals surface area contributed by atoms with Crippen LogP contribution in [0.25, 0.3) is 0 Å². The van der Waals surface area contributed by atoms with Gasteiger partial charge in [0.2, 0.25) is 0 Å². The Labute approximate surface area is 81.8 Å². The Hall–Kier alpha value is -0.0800. The minimum atomic E-state index is 0.266. The summed E-state index contributed by atoms with van der Waals surface area (Å²) in [7, 11) is 0. The van der Waals surface area contributed by atoms with Gasteiger partial charge in [0.05, 0.1) is 12.2 Å². The predicted octanol–water partition coefficient (Wildman–Crippen LogP) is 2.46. The summed E-state index contributed by atoms with van der Waals surface area (Å²) >= 11 is 0. The van der Waals surface area contributed by atoms with Crippen LogP contribution in [0.2, 0.25) is 0 Å². The van der Waals surface area contributed by atoms with E-state index in [-0.39, 0.29) is 6.04 Å². The maximum atomic E-state index is 6.07. The van der Waals surface area contributed by atoms with Gasteiger partial charge >= 0.3 is 0 Å². The molecule has 2 atom stereocenters. The van der Waals surface area contributed by atoms with Gasteiger partial charge in [-0.25, -0.2) is 0 Å². The largest absolute Gasteiger partial charge is 0.374 e. The summed E-state index contributed by atoms with van der Waals surface area (Å²) in [5.41, 5.74) is 6.07. The minimum Gasteiger partial charge on any atom is -0.374 e. The zero-order chi connectivity index (χ0) is 9.68. The minimum absolute atomic E-state index is 0.266. The molecule has 1 saturated carbocycles. The molecule has 1 fully saturated rings. The van der Waals surface area contributed by atoms with Crippen LogP contribution in [0.3, 0.4) is 0 Å². The van der Waals surface area contributed by atoms with E-state index in [4.69, 9.17) is 10.5 Å². The fourth-order valence-corrected chi connectivity index (χ4v) is 2.00. The van der Waals surface area contributed by atoms with Crippen molar-refractivity contribution in [1.29, 1.82) is 0 Å². The topological polar surface area (TPSA) is 35.2 Å². The molecule has 0 heterocycles. The average Bonchev–Trinajstić information content (AvgIpc) is 2.04. The molecule has 0 aliphatic heterocycles. The highest BCUT2D eigenvalue weighted by Gasteiger charge is 2.20. The van der Waals surface area contributed by atoms with Crippen LogP contribution < -0.4 is 5.73 Å². The Kier molecular flexibility index (Phi) is 4.74. The van der Waals surface area contributed by atoms with E-state index in [2.05, 4.69) is 13.8 Å². The normalized spacial score (nSPS) is 31.4. The summed E-state index contributed by atoms with van der Waals surface area (Å²) in [6.45, 7) is 4.18. The molecule has 0 spiro atoms. The van der Waals surface area contributed by atoms with Crippen molar-refractivity contribution in [2.24, 2.45) is 5.73 Å². The molecule has 2 heteroatoms. The monoisotopic (exact) mass is 185 g/mol. The molecule has 0 bridgehead atoms. The molecule has 1 aliphatic carbocycles. The van der Waals surface area contributed by atoms with Gasteiger partial charge in [-0.1, -0.05) is 25.7 Å². The van der Waals surface area contributed by atoms with Crippen LogP contribution in [0.4, 0.5) is 0 Å². The van der Waals surface area contributed by atoms with E-state index in [0.29, 0.717) is 12.2 Å². The van der Waals surface area contributed by atoms with Crippen molar-refractivity contribution in [1.82, 2.24) is 0 Å². The second kappa shape index (κ2) is 5.61. The quantitative estimate of drug-likeness (QED) is 0.717. The van der Waals surface area contributed by atoms with E-state index in [9.17, 15) is 0 Å². The first-order chi connectivity index (χ1) is 6.20. The Morgan fingerprint density at radius 1 is 1.08 bits per heavy atom. The number of hydrogen-bond donors (Lipinski definition) is 1. The van der Waals surface area contributed by atoms with Crippen LogP contribution in [0.15, 0.2) is 0 Å². The van der Waals surface area contributed by atoms with Crippen molar-refractivity contribution in [2.45, 2.75) is 70.6 Å². The van der Waals surface area contributed by atoms with Crippen molar-refractivity contribution in [3.05, 3.63) is 0 Å². The van der Waals surface area contributed by atoms with Crippen LogP contribution in [-0.2, 0) is 4.74 Å². The lowest BCUT2D eigenvalue weighted by atomic mass is 9.95. The fourth-order valence-electron chi connectivity index (χ4n) is 2.00. The zero-order valence-electron chi connectivity index (χ0n) is 8.96. The Balaban J connectivity index is 2.37. The summed E-state index contributed by atoms with van der Waals surface area (Å²) < 4.78 is 5.81. The number of hydrogen-bond acceptors (Lipinski definition) is 2. The van der Waals surface area contributed by atoms with Gasteiger partial charge in [0.1, 0.15) is 0 Å². The molecule has 0 unspecified atom stereocenters. The lowest BCUT2D eigenvalue weighted by Crippen LogP contribution is -2.38. The average molecular weight is 185 g/mol. The first kappa shape index (κ1) is 11.0. The van der Waals surface area contributed by atoms with Crippen LogP contribution in [-0.4, -0.2) is 18.2 Å². The van der Waals surface area contributed by atoms with E-state index in [1.165, 1.54) is 25.7 Å². The lowest BCUT2D eigenvalue weighted by molar-refractivity contribution is -0.0163. The molecule has 13 heavy (non-hydrogen) atoms. The first-order valence-electron chi connectivity index (χ1n) is 5.61. The van der Waals surface area contributed by atoms with E-state index < -0.39 is 0 Å². The molecule has 2 N–H and O–H groups in total. The highest BCUT2D eigenvalue weighted by Crippen LogP contribution is 2.19. The Bertz CT molecular complexity index is 136. The molecule has 0 saturated heterocycles. The highest BCUT2D eigenvalue weighted by atomic mass is 16.5. The van der Waals surface area contributed by atoms with Gasteiger partial charge in [0, 0.05) is 6.04 Å². The second-order valence-electron chi connectivity index (χ2n) is 4.38. The van der Waals surface area contributed by atoms with Crippen LogP contribution >= 0.6 is 0 Å². The zero-order valence-corrected chi connectivity index (χ0v) is 8.96. The van der Waals surface area contributed by atoms with Crippen molar-refractivity contribution < 1.29 is 4.74 Å². The number of ether oxygens (including phenoxy) is 1. The summed E-state index contributed by atoms with van der Waals surface area (Å²) in [5, 5.41) is 0. The van der Waals surface area contributed by atoms with Gasteiger partial charge in [0.15, 0.2) is 0 Å². The molecule has 0 aromatic carbocycles. The number of rotatable bonds is 2. The summed E-state index contributed by atoms with van der Waals surface area (Å²) in [4.78, 5) is 0.